The van der Waals surface area contributed by atoms with Crippen LogP contribution in [-0.4, -0.2) is 18.0 Å². The number of hydrogen-bond donors (Lipinski definition) is 0. The van der Waals surface area contributed by atoms with E-state index >= 15 is 0 Å². The molecular weight excluding hydrogens is 164 g/mol. The largest absolute Gasteiger partial charge is 0.367 e. The van der Waals surface area contributed by atoms with Gasteiger partial charge in [0.05, 0.1) is 6.10 Å². The molecular formula is C11H16O2. The van der Waals surface area contributed by atoms with Crippen LogP contribution in [0.1, 0.15) is 39.0 Å². The molecule has 2 nitrogen and oxygen atoms in total. The Hall–Kier alpha value is -0.630. The van der Waals surface area contributed by atoms with Crippen molar-refractivity contribution >= 4 is 5.78 Å². The van der Waals surface area contributed by atoms with Gasteiger partial charge in [0.25, 0.3) is 0 Å². The molecule has 1 heterocycles. The highest BCUT2D eigenvalue weighted by molar-refractivity contribution is 5.99. The van der Waals surface area contributed by atoms with Gasteiger partial charge in [-0.15, -0.1) is 0 Å². The number of rotatable bonds is 2. The van der Waals surface area contributed by atoms with Crippen molar-refractivity contribution in [2.45, 2.75) is 51.2 Å². The highest BCUT2D eigenvalue weighted by atomic mass is 16.5. The van der Waals surface area contributed by atoms with E-state index in [1.54, 1.807) is 0 Å². The predicted octanol–water partition coefficient (Wildman–Crippen LogP) is 2.23. The molecule has 0 spiro atoms. The molecule has 0 aromatic rings. The van der Waals surface area contributed by atoms with Gasteiger partial charge in [-0.25, -0.2) is 0 Å². The van der Waals surface area contributed by atoms with Crippen molar-refractivity contribution in [3.63, 3.8) is 0 Å². The Morgan fingerprint density at radius 3 is 2.92 bits per heavy atom. The normalized spacial score (nSPS) is 33.5. The van der Waals surface area contributed by atoms with Crippen molar-refractivity contribution in [1.29, 1.82) is 0 Å². The summed E-state index contributed by atoms with van der Waals surface area (Å²) in [6, 6.07) is 0. The van der Waals surface area contributed by atoms with Gasteiger partial charge in [-0.05, 0) is 44.6 Å². The number of carbonyl (C=O) groups excluding carboxylic acids is 1. The highest BCUT2D eigenvalue weighted by Gasteiger charge is 2.30. The van der Waals surface area contributed by atoms with Crippen molar-refractivity contribution in [2.24, 2.45) is 0 Å². The van der Waals surface area contributed by atoms with E-state index in [4.69, 9.17) is 4.74 Å². The number of allylic oxidation sites excluding steroid dienone is 1. The van der Waals surface area contributed by atoms with Crippen LogP contribution in [0, 0.1) is 0 Å². The molecule has 0 aromatic heterocycles. The molecule has 1 aliphatic carbocycles. The lowest BCUT2D eigenvalue weighted by molar-refractivity contribution is -0.125. The van der Waals surface area contributed by atoms with E-state index in [0.717, 1.165) is 37.7 Å². The topological polar surface area (TPSA) is 26.3 Å². The maximum absolute atomic E-state index is 11.8. The molecule has 72 valence electrons. The Morgan fingerprint density at radius 1 is 1.54 bits per heavy atom. The lowest BCUT2D eigenvalue weighted by atomic mass is 10.0. The molecule has 13 heavy (non-hydrogen) atoms. The van der Waals surface area contributed by atoms with Gasteiger partial charge in [0.2, 0.25) is 0 Å². The minimum atomic E-state index is -0.126. The Morgan fingerprint density at radius 2 is 2.38 bits per heavy atom. The van der Waals surface area contributed by atoms with Crippen molar-refractivity contribution in [3.8, 4) is 0 Å². The third kappa shape index (κ3) is 1.83. The van der Waals surface area contributed by atoms with Crippen LogP contribution in [0.3, 0.4) is 0 Å². The third-order valence-electron chi connectivity index (χ3n) is 2.88. The number of hydrogen-bond acceptors (Lipinski definition) is 2. The maximum atomic E-state index is 11.8. The zero-order valence-electron chi connectivity index (χ0n) is 8.08. The third-order valence-corrected chi connectivity index (χ3v) is 2.88. The molecule has 2 atom stereocenters. The molecule has 0 amide bonds. The van der Waals surface area contributed by atoms with E-state index in [1.807, 2.05) is 6.92 Å². The molecule has 0 saturated carbocycles. The first-order chi connectivity index (χ1) is 6.27. The quantitative estimate of drug-likeness (QED) is 0.651. The van der Waals surface area contributed by atoms with Gasteiger partial charge < -0.3 is 4.74 Å². The van der Waals surface area contributed by atoms with Crippen molar-refractivity contribution in [2.75, 3.05) is 0 Å². The first-order valence-corrected chi connectivity index (χ1v) is 5.16. The Labute approximate surface area is 79.0 Å². The summed E-state index contributed by atoms with van der Waals surface area (Å²) in [4.78, 5) is 11.8. The monoisotopic (exact) mass is 180 g/mol. The molecule has 2 heteroatoms. The summed E-state index contributed by atoms with van der Waals surface area (Å²) in [6.45, 7) is 2.04. The van der Waals surface area contributed by atoms with Gasteiger partial charge in [0, 0.05) is 0 Å². The van der Waals surface area contributed by atoms with Crippen LogP contribution in [0.5, 0.6) is 0 Å². The molecule has 1 saturated heterocycles. The van der Waals surface area contributed by atoms with E-state index in [1.165, 1.54) is 0 Å². The van der Waals surface area contributed by atoms with Gasteiger partial charge in [-0.2, -0.15) is 0 Å². The minimum absolute atomic E-state index is 0.126. The summed E-state index contributed by atoms with van der Waals surface area (Å²) in [5.74, 6) is 0.252. The second-order valence-corrected chi connectivity index (χ2v) is 4.00. The van der Waals surface area contributed by atoms with E-state index < -0.39 is 0 Å². The fraction of sp³-hybridized carbons (Fsp3) is 0.727. The van der Waals surface area contributed by atoms with Crippen LogP contribution < -0.4 is 0 Å². The summed E-state index contributed by atoms with van der Waals surface area (Å²) in [6.07, 6.45) is 7.35. The van der Waals surface area contributed by atoms with Crippen LogP contribution in [-0.2, 0) is 9.53 Å². The zero-order chi connectivity index (χ0) is 9.26. The summed E-state index contributed by atoms with van der Waals surface area (Å²) in [5, 5.41) is 0. The molecule has 1 aliphatic heterocycles. The summed E-state index contributed by atoms with van der Waals surface area (Å²) >= 11 is 0. The van der Waals surface area contributed by atoms with Gasteiger partial charge in [0.15, 0.2) is 5.78 Å². The SMILES string of the molecule is CC1CCC(C(=O)C2=CCCC2)O1. The average Bonchev–Trinajstić information content (AvgIpc) is 2.72. The van der Waals surface area contributed by atoms with Gasteiger partial charge >= 0.3 is 0 Å². The number of ketones is 1. The Kier molecular flexibility index (Phi) is 2.49. The Bertz CT molecular complexity index is 242. The van der Waals surface area contributed by atoms with E-state index in [9.17, 15) is 4.79 Å². The fourth-order valence-corrected chi connectivity index (χ4v) is 2.10. The van der Waals surface area contributed by atoms with Crippen molar-refractivity contribution in [1.82, 2.24) is 0 Å². The molecule has 2 rings (SSSR count). The van der Waals surface area contributed by atoms with Gasteiger partial charge in [-0.1, -0.05) is 6.08 Å². The smallest absolute Gasteiger partial charge is 0.187 e. The van der Waals surface area contributed by atoms with Gasteiger partial charge in [-0.3, -0.25) is 4.79 Å². The van der Waals surface area contributed by atoms with E-state index in [0.29, 0.717) is 0 Å². The van der Waals surface area contributed by atoms with Crippen LogP contribution >= 0.6 is 0 Å². The number of ether oxygens (including phenoxy) is 1. The number of carbonyl (C=O) groups is 1. The number of Topliss-reactive ketones (excluding diaryl/α,β-unsaturated/α-hetero) is 1. The first kappa shape index (κ1) is 8.95. The fourth-order valence-electron chi connectivity index (χ4n) is 2.10. The van der Waals surface area contributed by atoms with Crippen molar-refractivity contribution in [3.05, 3.63) is 11.6 Å². The first-order valence-electron chi connectivity index (χ1n) is 5.16. The lowest BCUT2D eigenvalue weighted by Crippen LogP contribution is -2.21. The predicted molar refractivity (Wildman–Crippen MR) is 50.5 cm³/mol. The molecule has 1 fully saturated rings. The van der Waals surface area contributed by atoms with Crippen LogP contribution in [0.4, 0.5) is 0 Å². The standard InChI is InChI=1S/C11H16O2/c1-8-6-7-10(13-8)11(12)9-4-2-3-5-9/h4,8,10H,2-3,5-7H2,1H3. The van der Waals surface area contributed by atoms with E-state index in [-0.39, 0.29) is 18.0 Å². The maximum Gasteiger partial charge on any atom is 0.187 e. The highest BCUT2D eigenvalue weighted by Crippen LogP contribution is 2.26. The lowest BCUT2D eigenvalue weighted by Gasteiger charge is -2.10. The molecule has 0 radical (unpaired) electrons. The van der Waals surface area contributed by atoms with E-state index in [2.05, 4.69) is 6.08 Å². The molecule has 2 unspecified atom stereocenters. The molecule has 2 aliphatic rings. The van der Waals surface area contributed by atoms with Crippen molar-refractivity contribution < 1.29 is 9.53 Å². The minimum Gasteiger partial charge on any atom is -0.367 e. The second kappa shape index (κ2) is 3.62. The summed E-state index contributed by atoms with van der Waals surface area (Å²) in [7, 11) is 0. The average molecular weight is 180 g/mol. The zero-order valence-corrected chi connectivity index (χ0v) is 8.08. The second-order valence-electron chi connectivity index (χ2n) is 4.00. The molecule has 0 N–H and O–H groups in total. The van der Waals surface area contributed by atoms with Crippen LogP contribution in [0.15, 0.2) is 11.6 Å². The van der Waals surface area contributed by atoms with Gasteiger partial charge in [0.1, 0.15) is 6.10 Å². The van der Waals surface area contributed by atoms with Crippen LogP contribution in [0.2, 0.25) is 0 Å². The van der Waals surface area contributed by atoms with Crippen LogP contribution in [0.25, 0.3) is 0 Å². The summed E-state index contributed by atoms with van der Waals surface area (Å²) < 4.78 is 5.55. The molecule has 0 aromatic carbocycles. The molecule has 0 bridgehead atoms. The Balaban J connectivity index is 1.97. The summed E-state index contributed by atoms with van der Waals surface area (Å²) in [5.41, 5.74) is 1.01.